The molecule has 1 heterocycles. The lowest BCUT2D eigenvalue weighted by atomic mass is 10.2. The van der Waals surface area contributed by atoms with Crippen molar-refractivity contribution in [1.29, 1.82) is 0 Å². The van der Waals surface area contributed by atoms with Gasteiger partial charge in [-0.1, -0.05) is 24.8 Å². The van der Waals surface area contributed by atoms with E-state index >= 15 is 0 Å². The van der Waals surface area contributed by atoms with Gasteiger partial charge in [0.1, 0.15) is 17.3 Å². The van der Waals surface area contributed by atoms with Crippen molar-refractivity contribution < 1.29 is 9.47 Å². The predicted octanol–water partition coefficient (Wildman–Crippen LogP) is 5.28. The quantitative estimate of drug-likeness (QED) is 0.489. The van der Waals surface area contributed by atoms with Crippen molar-refractivity contribution in [2.75, 3.05) is 18.4 Å². The third-order valence-corrected chi connectivity index (χ3v) is 4.32. The molecule has 0 saturated heterocycles. The van der Waals surface area contributed by atoms with E-state index in [1.54, 1.807) is 0 Å². The summed E-state index contributed by atoms with van der Waals surface area (Å²) in [6, 6.07) is 7.90. The third kappa shape index (κ3) is 5.05. The summed E-state index contributed by atoms with van der Waals surface area (Å²) in [4.78, 5) is 2.31. The predicted molar refractivity (Wildman–Crippen MR) is 104 cm³/mol. The molecule has 0 radical (unpaired) electrons. The van der Waals surface area contributed by atoms with Gasteiger partial charge in [-0.25, -0.2) is 0 Å². The van der Waals surface area contributed by atoms with Crippen LogP contribution in [0.25, 0.3) is 0 Å². The van der Waals surface area contributed by atoms with E-state index in [2.05, 4.69) is 43.6 Å². The summed E-state index contributed by atoms with van der Waals surface area (Å²) in [5, 5.41) is 3.29. The highest BCUT2D eigenvalue weighted by Crippen LogP contribution is 2.28. The zero-order valence-electron chi connectivity index (χ0n) is 15.8. The lowest BCUT2D eigenvalue weighted by Gasteiger charge is -2.24. The van der Waals surface area contributed by atoms with Crippen molar-refractivity contribution in [2.45, 2.75) is 46.8 Å². The molecule has 1 unspecified atom stereocenters. The average Bonchev–Trinajstić information content (AvgIpc) is 2.87. The van der Waals surface area contributed by atoms with Crippen LogP contribution in [-0.2, 0) is 4.74 Å². The highest BCUT2D eigenvalue weighted by Gasteiger charge is 2.26. The largest absolute Gasteiger partial charge is 0.473 e. The summed E-state index contributed by atoms with van der Waals surface area (Å²) in [6.07, 6.45) is 6.02. The smallest absolute Gasteiger partial charge is 0.172 e. The van der Waals surface area contributed by atoms with Gasteiger partial charge < -0.3 is 19.7 Å². The maximum absolute atomic E-state index is 5.93. The number of para-hydroxylation sites is 2. The Labute approximate surface area is 151 Å². The first-order valence-corrected chi connectivity index (χ1v) is 9.03. The minimum absolute atomic E-state index is 0.137. The number of nitrogens with zero attached hydrogens (tertiary/aromatic N) is 1. The maximum Gasteiger partial charge on any atom is 0.172 e. The molecule has 1 atom stereocenters. The molecule has 0 amide bonds. The van der Waals surface area contributed by atoms with Crippen molar-refractivity contribution >= 4 is 5.69 Å². The van der Waals surface area contributed by atoms with Gasteiger partial charge in [-0.3, -0.25) is 0 Å². The van der Waals surface area contributed by atoms with Gasteiger partial charge in [0, 0.05) is 19.5 Å². The minimum Gasteiger partial charge on any atom is -0.473 e. The van der Waals surface area contributed by atoms with E-state index in [9.17, 15) is 0 Å². The number of ether oxygens (including phenoxy) is 2. The molecular formula is C21H30N2O2. The van der Waals surface area contributed by atoms with E-state index in [0.29, 0.717) is 5.76 Å². The summed E-state index contributed by atoms with van der Waals surface area (Å²) in [7, 11) is 0. The zero-order valence-corrected chi connectivity index (χ0v) is 15.8. The number of allylic oxidation sites excluding steroid dienone is 4. The fraction of sp³-hybridized carbons (Fsp3) is 0.429. The monoisotopic (exact) mass is 342 g/mol. The molecule has 1 aliphatic heterocycles. The average molecular weight is 342 g/mol. The molecule has 136 valence electrons. The van der Waals surface area contributed by atoms with Gasteiger partial charge in [-0.05, 0) is 52.3 Å². The summed E-state index contributed by atoms with van der Waals surface area (Å²) >= 11 is 0. The molecule has 0 bridgehead atoms. The summed E-state index contributed by atoms with van der Waals surface area (Å²) in [5.74, 6) is 2.46. The number of rotatable bonds is 9. The first-order valence-electron chi connectivity index (χ1n) is 9.03. The highest BCUT2D eigenvalue weighted by atomic mass is 16.5. The van der Waals surface area contributed by atoms with E-state index in [0.717, 1.165) is 43.1 Å². The standard InChI is InChI=1S/C21H30N2O2/c1-6-22-19-13-9-10-14-20(19)24-16(3)12-8-11-15-21-23(7-2)17(4)18(5)25-21/h8-10,12-14,21-22H,3,6-7,11,15H2,1-2,4-5H3. The number of hydrogen-bond donors (Lipinski definition) is 1. The van der Waals surface area contributed by atoms with Gasteiger partial charge in [0.25, 0.3) is 0 Å². The van der Waals surface area contributed by atoms with Crippen molar-refractivity contribution in [3.05, 3.63) is 60.2 Å². The molecule has 1 aromatic carbocycles. The summed E-state index contributed by atoms with van der Waals surface area (Å²) < 4.78 is 11.8. The van der Waals surface area contributed by atoms with Crippen LogP contribution in [0.2, 0.25) is 0 Å². The van der Waals surface area contributed by atoms with Crippen LogP contribution in [0.1, 0.15) is 40.5 Å². The van der Waals surface area contributed by atoms with Crippen LogP contribution >= 0.6 is 0 Å². The van der Waals surface area contributed by atoms with Crippen LogP contribution < -0.4 is 10.1 Å². The Kier molecular flexibility index (Phi) is 6.99. The van der Waals surface area contributed by atoms with Crippen LogP contribution in [0.5, 0.6) is 5.75 Å². The number of hydrogen-bond acceptors (Lipinski definition) is 4. The topological polar surface area (TPSA) is 33.7 Å². The molecule has 4 nitrogen and oxygen atoms in total. The molecule has 0 spiro atoms. The molecular weight excluding hydrogens is 312 g/mol. The molecule has 1 N–H and O–H groups in total. The number of benzene rings is 1. The Balaban J connectivity index is 1.82. The van der Waals surface area contributed by atoms with Gasteiger partial charge in [0.05, 0.1) is 11.4 Å². The van der Waals surface area contributed by atoms with Gasteiger partial charge in [-0.15, -0.1) is 0 Å². The Hall–Kier alpha value is -2.36. The van der Waals surface area contributed by atoms with Crippen molar-refractivity contribution in [3.63, 3.8) is 0 Å². The highest BCUT2D eigenvalue weighted by molar-refractivity contribution is 5.56. The Morgan fingerprint density at radius 1 is 1.32 bits per heavy atom. The van der Waals surface area contributed by atoms with Crippen LogP contribution in [0.15, 0.2) is 60.2 Å². The lowest BCUT2D eigenvalue weighted by Crippen LogP contribution is -2.29. The van der Waals surface area contributed by atoms with Crippen molar-refractivity contribution in [2.24, 2.45) is 0 Å². The third-order valence-electron chi connectivity index (χ3n) is 4.32. The first-order chi connectivity index (χ1) is 12.1. The fourth-order valence-corrected chi connectivity index (χ4v) is 2.95. The second kappa shape index (κ2) is 9.21. The van der Waals surface area contributed by atoms with Gasteiger partial charge >= 0.3 is 0 Å². The fourth-order valence-electron chi connectivity index (χ4n) is 2.95. The molecule has 1 aliphatic rings. The van der Waals surface area contributed by atoms with Gasteiger partial charge in [0.2, 0.25) is 0 Å². The van der Waals surface area contributed by atoms with E-state index in [1.807, 2.05) is 37.3 Å². The first kappa shape index (κ1) is 19.0. The minimum atomic E-state index is 0.137. The molecule has 0 saturated carbocycles. The van der Waals surface area contributed by atoms with Gasteiger partial charge in [0.15, 0.2) is 6.23 Å². The van der Waals surface area contributed by atoms with Crippen LogP contribution in [0.4, 0.5) is 5.69 Å². The molecule has 4 heteroatoms. The van der Waals surface area contributed by atoms with Crippen LogP contribution in [0, 0.1) is 0 Å². The Morgan fingerprint density at radius 2 is 2.08 bits per heavy atom. The van der Waals surface area contributed by atoms with E-state index in [-0.39, 0.29) is 6.23 Å². The molecule has 0 aliphatic carbocycles. The molecule has 25 heavy (non-hydrogen) atoms. The number of anilines is 1. The molecule has 2 rings (SSSR count). The second-order valence-corrected chi connectivity index (χ2v) is 6.07. The summed E-state index contributed by atoms with van der Waals surface area (Å²) in [6.45, 7) is 14.2. The lowest BCUT2D eigenvalue weighted by molar-refractivity contribution is 0.0380. The number of nitrogens with one attached hydrogen (secondary N) is 1. The zero-order chi connectivity index (χ0) is 18.2. The molecule has 1 aromatic rings. The summed E-state index contributed by atoms with van der Waals surface area (Å²) in [5.41, 5.74) is 2.22. The molecule has 0 aromatic heterocycles. The molecule has 0 fully saturated rings. The van der Waals surface area contributed by atoms with Crippen LogP contribution in [0.3, 0.4) is 0 Å². The van der Waals surface area contributed by atoms with Gasteiger partial charge in [-0.2, -0.15) is 0 Å². The Morgan fingerprint density at radius 3 is 2.80 bits per heavy atom. The van der Waals surface area contributed by atoms with E-state index in [4.69, 9.17) is 9.47 Å². The van der Waals surface area contributed by atoms with E-state index in [1.165, 1.54) is 5.70 Å². The SMILES string of the molecule is C=C(C=CCCC1OC(C)=C(C)N1CC)Oc1ccccc1NCC. The maximum atomic E-state index is 5.93. The van der Waals surface area contributed by atoms with Crippen LogP contribution in [-0.4, -0.2) is 24.2 Å². The Bertz CT molecular complexity index is 649. The normalized spacial score (nSPS) is 17.1. The van der Waals surface area contributed by atoms with E-state index < -0.39 is 0 Å². The van der Waals surface area contributed by atoms with Crippen molar-refractivity contribution in [1.82, 2.24) is 4.90 Å². The second-order valence-electron chi connectivity index (χ2n) is 6.07. The van der Waals surface area contributed by atoms with Crippen molar-refractivity contribution in [3.8, 4) is 5.75 Å².